The van der Waals surface area contributed by atoms with Gasteiger partial charge in [-0.25, -0.2) is 9.59 Å². The number of nitrogens with zero attached hydrogens (tertiary/aromatic N) is 2. The minimum absolute atomic E-state index is 0.0523. The zero-order chi connectivity index (χ0) is 23.7. The van der Waals surface area contributed by atoms with Gasteiger partial charge in [0.1, 0.15) is 13.2 Å². The number of rotatable bonds is 11. The van der Waals surface area contributed by atoms with E-state index in [4.69, 9.17) is 9.47 Å². The van der Waals surface area contributed by atoms with Crippen molar-refractivity contribution in [1.82, 2.24) is 9.79 Å². The Morgan fingerprint density at radius 2 is 1.31 bits per heavy atom. The minimum Gasteiger partial charge on any atom is -0.492 e. The van der Waals surface area contributed by atoms with Gasteiger partial charge in [-0.1, -0.05) is 0 Å². The number of ether oxygens (including phenoxy) is 2. The first-order valence-electron chi connectivity index (χ1n) is 9.50. The van der Waals surface area contributed by atoms with Gasteiger partial charge in [0.05, 0.1) is 25.7 Å². The molecule has 0 aromatic carbocycles. The molecule has 1 aliphatic heterocycles. The Morgan fingerprint density at radius 1 is 0.844 bits per heavy atom. The molecule has 1 aromatic rings. The van der Waals surface area contributed by atoms with Crippen LogP contribution in [0.3, 0.4) is 0 Å². The molecule has 1 unspecified atom stereocenters. The molecular formula is C18H22N2O12. The Bertz CT molecular complexity index is 845. The predicted molar refractivity (Wildman–Crippen MR) is 97.9 cm³/mol. The number of aliphatic hydroxyl groups excluding tert-OH is 1. The highest BCUT2D eigenvalue weighted by Crippen LogP contribution is 2.19. The number of hydrogen-bond donors (Lipinski definition) is 3. The number of carbonyl (C=O) groups excluding carboxylic acids is 5. The van der Waals surface area contributed by atoms with E-state index in [9.17, 15) is 39.3 Å². The Hall–Kier alpha value is -3.81. The summed E-state index contributed by atoms with van der Waals surface area (Å²) in [5.41, 5.74) is 0. The minimum atomic E-state index is -1.21. The number of carbonyl (C=O) groups is 5. The molecule has 0 radical (unpaired) electrons. The molecule has 14 heteroatoms. The van der Waals surface area contributed by atoms with Crippen molar-refractivity contribution in [2.24, 2.45) is 0 Å². The average molecular weight is 458 g/mol. The Kier molecular flexibility index (Phi) is 8.83. The van der Waals surface area contributed by atoms with Gasteiger partial charge in [0.2, 0.25) is 11.8 Å². The fraction of sp³-hybridized carbons (Fsp3) is 0.500. The van der Waals surface area contributed by atoms with E-state index in [1.165, 1.54) is 0 Å². The Morgan fingerprint density at radius 3 is 1.78 bits per heavy atom. The first kappa shape index (κ1) is 24.5. The predicted octanol–water partition coefficient (Wildman–Crippen LogP) is -1.10. The van der Waals surface area contributed by atoms with Crippen LogP contribution >= 0.6 is 0 Å². The third-order valence-electron chi connectivity index (χ3n) is 4.00. The van der Waals surface area contributed by atoms with Crippen molar-refractivity contribution in [3.8, 4) is 11.8 Å². The molecule has 1 saturated heterocycles. The van der Waals surface area contributed by atoms with Crippen LogP contribution in [0, 0.1) is 0 Å². The van der Waals surface area contributed by atoms with Crippen molar-refractivity contribution in [1.29, 1.82) is 0 Å². The molecular weight excluding hydrogens is 436 g/mol. The maximum atomic E-state index is 11.6. The maximum absolute atomic E-state index is 11.6. The van der Waals surface area contributed by atoms with Crippen LogP contribution in [0.15, 0.2) is 12.1 Å². The Labute approximate surface area is 180 Å². The van der Waals surface area contributed by atoms with Crippen molar-refractivity contribution in [3.63, 3.8) is 0 Å². The molecule has 1 aliphatic rings. The van der Waals surface area contributed by atoms with Gasteiger partial charge in [0.25, 0.3) is 5.91 Å². The van der Waals surface area contributed by atoms with Gasteiger partial charge in [-0.2, -0.15) is 0 Å². The monoisotopic (exact) mass is 458 g/mol. The molecule has 1 aromatic heterocycles. The summed E-state index contributed by atoms with van der Waals surface area (Å²) in [7, 11) is 0. The van der Waals surface area contributed by atoms with Gasteiger partial charge in [-0.15, -0.1) is 9.79 Å². The normalized spacial score (nSPS) is 15.3. The number of hydroxylamine groups is 2. The fourth-order valence-corrected chi connectivity index (χ4v) is 2.42. The molecule has 0 bridgehead atoms. The van der Waals surface area contributed by atoms with Crippen LogP contribution in [0.1, 0.15) is 38.5 Å². The van der Waals surface area contributed by atoms with Crippen LogP contribution in [0.25, 0.3) is 0 Å². The summed E-state index contributed by atoms with van der Waals surface area (Å²) in [6.45, 7) is -0.587. The van der Waals surface area contributed by atoms with Gasteiger partial charge < -0.3 is 34.5 Å². The number of hydrogen-bond acceptors (Lipinski definition) is 12. The second-order valence-electron chi connectivity index (χ2n) is 6.45. The van der Waals surface area contributed by atoms with Gasteiger partial charge in [0, 0.05) is 25.0 Å². The summed E-state index contributed by atoms with van der Waals surface area (Å²) in [5.74, 6) is -4.91. The fourth-order valence-electron chi connectivity index (χ4n) is 2.42. The van der Waals surface area contributed by atoms with E-state index < -0.39 is 54.2 Å². The van der Waals surface area contributed by atoms with E-state index in [0.29, 0.717) is 9.79 Å². The lowest BCUT2D eigenvalue weighted by Crippen LogP contribution is -2.35. The van der Waals surface area contributed by atoms with E-state index in [0.717, 1.165) is 12.1 Å². The van der Waals surface area contributed by atoms with Crippen LogP contribution in [-0.2, 0) is 38.3 Å². The van der Waals surface area contributed by atoms with E-state index in [-0.39, 0.29) is 45.3 Å². The Balaban J connectivity index is 1.53. The highest BCUT2D eigenvalue weighted by Gasteiger charge is 2.32. The molecule has 176 valence electrons. The van der Waals surface area contributed by atoms with Gasteiger partial charge in [0.15, 0.2) is 6.23 Å². The standard InChI is InChI=1S/C18H22N2O12/c21-11-1-2-12(22)19(11)31-17(27)7-5-15(25)29-9-10-30-16(26)6-8-18(28)32-20-13(23)3-4-14(20)24/h1-2,13,21-23H,3-10H2. The lowest BCUT2D eigenvalue weighted by atomic mass is 10.3. The smallest absolute Gasteiger partial charge is 0.333 e. The summed E-state index contributed by atoms with van der Waals surface area (Å²) in [6.07, 6.45) is -2.50. The maximum Gasteiger partial charge on any atom is 0.333 e. The number of amides is 1. The van der Waals surface area contributed by atoms with Crippen LogP contribution in [-0.4, -0.2) is 74.3 Å². The lowest BCUT2D eigenvalue weighted by molar-refractivity contribution is -0.220. The molecule has 1 amide bonds. The molecule has 0 aliphatic carbocycles. The molecule has 32 heavy (non-hydrogen) atoms. The molecule has 2 heterocycles. The molecule has 0 saturated carbocycles. The molecule has 14 nitrogen and oxygen atoms in total. The summed E-state index contributed by atoms with van der Waals surface area (Å²) in [4.78, 5) is 67.1. The zero-order valence-electron chi connectivity index (χ0n) is 16.8. The van der Waals surface area contributed by atoms with Crippen LogP contribution < -0.4 is 4.84 Å². The number of aromatic nitrogens is 1. The zero-order valence-corrected chi connectivity index (χ0v) is 16.8. The first-order valence-corrected chi connectivity index (χ1v) is 9.50. The summed E-state index contributed by atoms with van der Waals surface area (Å²) in [6, 6.07) is 2.19. The highest BCUT2D eigenvalue weighted by molar-refractivity contribution is 5.81. The van der Waals surface area contributed by atoms with Gasteiger partial charge in [-0.3, -0.25) is 14.4 Å². The largest absolute Gasteiger partial charge is 0.492 e. The van der Waals surface area contributed by atoms with E-state index in [1.807, 2.05) is 0 Å². The quantitative estimate of drug-likeness (QED) is 0.268. The highest BCUT2D eigenvalue weighted by atomic mass is 16.7. The van der Waals surface area contributed by atoms with Crippen LogP contribution in [0.5, 0.6) is 11.8 Å². The van der Waals surface area contributed by atoms with E-state index in [2.05, 4.69) is 9.68 Å². The first-order chi connectivity index (χ1) is 15.2. The summed E-state index contributed by atoms with van der Waals surface area (Å²) in [5, 5.41) is 28.7. The van der Waals surface area contributed by atoms with Crippen LogP contribution in [0.2, 0.25) is 0 Å². The molecule has 1 fully saturated rings. The van der Waals surface area contributed by atoms with Crippen molar-refractivity contribution in [2.75, 3.05) is 13.2 Å². The van der Waals surface area contributed by atoms with Gasteiger partial charge in [-0.05, 0) is 0 Å². The van der Waals surface area contributed by atoms with Crippen molar-refractivity contribution < 1.29 is 58.4 Å². The topological polar surface area (TPSA) is 191 Å². The molecule has 3 N–H and O–H groups in total. The van der Waals surface area contributed by atoms with Gasteiger partial charge >= 0.3 is 23.9 Å². The molecule has 2 rings (SSSR count). The van der Waals surface area contributed by atoms with Crippen LogP contribution in [0.4, 0.5) is 0 Å². The molecule has 0 spiro atoms. The number of esters is 2. The van der Waals surface area contributed by atoms with E-state index in [1.54, 1.807) is 0 Å². The summed E-state index contributed by atoms with van der Waals surface area (Å²) >= 11 is 0. The third-order valence-corrected chi connectivity index (χ3v) is 4.00. The SMILES string of the molecule is O=C(CCC(=O)ON1C(=O)CCC1O)OCCOC(=O)CCC(=O)On1c(O)ccc1O. The van der Waals surface area contributed by atoms with E-state index >= 15 is 0 Å². The molecule has 1 atom stereocenters. The average Bonchev–Trinajstić information content (AvgIpc) is 3.24. The van der Waals surface area contributed by atoms with Crippen molar-refractivity contribution in [3.05, 3.63) is 12.1 Å². The lowest BCUT2D eigenvalue weighted by Gasteiger charge is -2.18. The number of aromatic hydroxyl groups is 2. The van der Waals surface area contributed by atoms with Crippen molar-refractivity contribution in [2.45, 2.75) is 44.8 Å². The third kappa shape index (κ3) is 7.46. The van der Waals surface area contributed by atoms with Crippen molar-refractivity contribution >= 4 is 29.8 Å². The summed E-state index contributed by atoms with van der Waals surface area (Å²) < 4.78 is 10.0. The number of aliphatic hydroxyl groups is 1. The second-order valence-corrected chi connectivity index (χ2v) is 6.45. The second kappa shape index (κ2) is 11.5.